The maximum atomic E-state index is 13.2. The van der Waals surface area contributed by atoms with E-state index in [2.05, 4.69) is 58.3 Å². The first-order valence-corrected chi connectivity index (χ1v) is 16.0. The molecule has 5 aromatic rings. The van der Waals surface area contributed by atoms with Gasteiger partial charge in [-0.2, -0.15) is 9.67 Å². The highest BCUT2D eigenvalue weighted by atomic mass is 16.2. The molecule has 248 valence electrons. The first-order chi connectivity index (χ1) is 23.7. The summed E-state index contributed by atoms with van der Waals surface area (Å²) in [5.74, 6) is 0.388. The summed E-state index contributed by atoms with van der Waals surface area (Å²) >= 11 is 0. The average Bonchev–Trinajstić information content (AvgIpc) is 3.10. The topological polar surface area (TPSA) is 185 Å². The maximum absolute atomic E-state index is 13.2. The van der Waals surface area contributed by atoms with Gasteiger partial charge in [0.1, 0.15) is 23.2 Å². The van der Waals surface area contributed by atoms with Gasteiger partial charge < -0.3 is 21.3 Å². The number of carbonyl (C=O) groups excluding carboxylic acids is 2. The molecule has 7 rings (SSSR count). The zero-order valence-electron chi connectivity index (χ0n) is 27.3. The molecule has 0 spiro atoms. The fourth-order valence-electron chi connectivity index (χ4n) is 6.33. The molecule has 0 aliphatic carbocycles. The molecule has 3 aromatic carbocycles. The van der Waals surface area contributed by atoms with Gasteiger partial charge in [-0.15, -0.1) is 5.10 Å². The lowest BCUT2D eigenvalue weighted by Crippen LogP contribution is -2.45. The van der Waals surface area contributed by atoms with Crippen LogP contribution in [0.15, 0.2) is 70.6 Å². The third-order valence-electron chi connectivity index (χ3n) is 8.99. The van der Waals surface area contributed by atoms with Crippen molar-refractivity contribution in [1.82, 2.24) is 30.3 Å². The van der Waals surface area contributed by atoms with Gasteiger partial charge in [-0.1, -0.05) is 29.5 Å². The van der Waals surface area contributed by atoms with Crippen LogP contribution in [0.4, 0.5) is 28.8 Å². The van der Waals surface area contributed by atoms with E-state index in [9.17, 15) is 14.4 Å². The number of imide groups is 1. The minimum Gasteiger partial charge on any atom is -0.383 e. The molecule has 14 heteroatoms. The van der Waals surface area contributed by atoms with Gasteiger partial charge in [0.05, 0.1) is 16.6 Å². The Morgan fingerprint density at radius 1 is 1.02 bits per heavy atom. The molecule has 49 heavy (non-hydrogen) atoms. The number of rotatable bonds is 7. The van der Waals surface area contributed by atoms with Crippen molar-refractivity contribution < 1.29 is 9.59 Å². The summed E-state index contributed by atoms with van der Waals surface area (Å²) in [7, 11) is 1.78. The number of piperidine rings is 1. The van der Waals surface area contributed by atoms with E-state index in [0.717, 1.165) is 51.4 Å². The van der Waals surface area contributed by atoms with Crippen LogP contribution >= 0.6 is 0 Å². The number of nitrogens with two attached hydrogens (primary N) is 1. The summed E-state index contributed by atoms with van der Waals surface area (Å²) in [6, 6.07) is 16.8. The molecule has 0 bridgehead atoms. The fourth-order valence-corrected chi connectivity index (χ4v) is 6.33. The molecule has 0 radical (unpaired) electrons. The van der Waals surface area contributed by atoms with E-state index >= 15 is 0 Å². The highest BCUT2D eigenvalue weighted by Crippen LogP contribution is 2.30. The van der Waals surface area contributed by atoms with Gasteiger partial charge in [-0.25, -0.2) is 9.98 Å². The van der Waals surface area contributed by atoms with Gasteiger partial charge in [0.2, 0.25) is 11.9 Å². The minimum absolute atomic E-state index is 0.143. The largest absolute Gasteiger partial charge is 0.383 e. The van der Waals surface area contributed by atoms with Crippen LogP contribution in [-0.2, 0) is 22.6 Å². The number of aromatic nitrogens is 5. The summed E-state index contributed by atoms with van der Waals surface area (Å²) in [5, 5.41) is 17.4. The molecule has 0 saturated carbocycles. The average molecular weight is 658 g/mol. The van der Waals surface area contributed by atoms with E-state index in [1.807, 2.05) is 50.2 Å². The fraction of sp³-hybridized carbons (Fsp3) is 0.257. The molecule has 5 N–H and O–H groups in total. The molecule has 1 unspecified atom stereocenters. The molecule has 14 nitrogen and oxygen atoms in total. The van der Waals surface area contributed by atoms with Crippen molar-refractivity contribution in [2.45, 2.75) is 45.7 Å². The van der Waals surface area contributed by atoms with Crippen molar-refractivity contribution in [2.24, 2.45) is 10.7 Å². The number of aryl methyl sites for hydroxylation is 2. The SMILES string of the molecule is CNc1nc(Nc2ccc3c(c2)CN(c2ccc4c(=O)n(C5CCC(=O)NC5=O)nnc4c2)CC3)ncc1C(N)=Nc1c(C)cccc1C. The van der Waals surface area contributed by atoms with Crippen molar-refractivity contribution >= 4 is 57.4 Å². The third kappa shape index (κ3) is 6.15. The molecular formula is C35H35N11O3. The van der Waals surface area contributed by atoms with Gasteiger partial charge in [-0.3, -0.25) is 19.7 Å². The molecular weight excluding hydrogens is 622 g/mol. The number of carbonyl (C=O) groups is 2. The Kier molecular flexibility index (Phi) is 8.20. The Hall–Kier alpha value is -6.18. The number of benzene rings is 3. The van der Waals surface area contributed by atoms with Crippen molar-refractivity contribution in [3.63, 3.8) is 0 Å². The first kappa shape index (κ1) is 31.4. The van der Waals surface area contributed by atoms with E-state index in [-0.39, 0.29) is 18.7 Å². The lowest BCUT2D eigenvalue weighted by Gasteiger charge is -2.31. The van der Waals surface area contributed by atoms with Gasteiger partial charge in [0.15, 0.2) is 0 Å². The summed E-state index contributed by atoms with van der Waals surface area (Å²) in [6.45, 7) is 5.43. The van der Waals surface area contributed by atoms with E-state index in [1.54, 1.807) is 19.3 Å². The normalized spacial score (nSPS) is 16.3. The summed E-state index contributed by atoms with van der Waals surface area (Å²) in [4.78, 5) is 53.2. The molecule has 4 heterocycles. The Morgan fingerprint density at radius 2 is 1.84 bits per heavy atom. The van der Waals surface area contributed by atoms with E-state index in [4.69, 9.17) is 5.73 Å². The van der Waals surface area contributed by atoms with E-state index in [1.165, 1.54) is 5.56 Å². The smallest absolute Gasteiger partial charge is 0.278 e. The molecule has 2 amide bonds. The summed E-state index contributed by atoms with van der Waals surface area (Å²) in [5.41, 5.74) is 14.1. The van der Waals surface area contributed by atoms with E-state index in [0.29, 0.717) is 40.6 Å². The zero-order chi connectivity index (χ0) is 34.2. The number of hydrogen-bond acceptors (Lipinski definition) is 11. The van der Waals surface area contributed by atoms with E-state index < -0.39 is 17.5 Å². The molecule has 1 fully saturated rings. The Labute approximate surface area is 281 Å². The Bertz CT molecular complexity index is 2210. The van der Waals surface area contributed by atoms with Crippen molar-refractivity contribution in [3.05, 3.63) is 99.0 Å². The van der Waals surface area contributed by atoms with Crippen molar-refractivity contribution in [2.75, 3.05) is 29.1 Å². The predicted molar refractivity (Wildman–Crippen MR) is 188 cm³/mol. The van der Waals surface area contributed by atoms with Crippen LogP contribution in [0, 0.1) is 13.8 Å². The van der Waals surface area contributed by atoms with Gasteiger partial charge >= 0.3 is 0 Å². The summed E-state index contributed by atoms with van der Waals surface area (Å²) in [6.07, 6.45) is 2.85. The molecule has 1 atom stereocenters. The number of anilines is 4. The van der Waals surface area contributed by atoms with Crippen LogP contribution in [0.3, 0.4) is 0 Å². The highest BCUT2D eigenvalue weighted by Gasteiger charge is 2.30. The van der Waals surface area contributed by atoms with Crippen LogP contribution < -0.4 is 32.1 Å². The first-order valence-electron chi connectivity index (χ1n) is 16.0. The quantitative estimate of drug-likeness (QED) is 0.114. The number of nitrogens with zero attached hydrogens (tertiary/aromatic N) is 7. The van der Waals surface area contributed by atoms with Gasteiger partial charge in [0.25, 0.3) is 11.5 Å². The second kappa shape index (κ2) is 12.8. The number of para-hydroxylation sites is 1. The van der Waals surface area contributed by atoms with Crippen molar-refractivity contribution in [1.29, 1.82) is 0 Å². The second-order valence-corrected chi connectivity index (χ2v) is 12.2. The zero-order valence-corrected chi connectivity index (χ0v) is 27.3. The van der Waals surface area contributed by atoms with Crippen molar-refractivity contribution in [3.8, 4) is 0 Å². The third-order valence-corrected chi connectivity index (χ3v) is 8.99. The molecule has 1 saturated heterocycles. The molecule has 2 aliphatic heterocycles. The Morgan fingerprint density at radius 3 is 2.61 bits per heavy atom. The number of nitrogens with one attached hydrogen (secondary N) is 3. The summed E-state index contributed by atoms with van der Waals surface area (Å²) < 4.78 is 1.07. The number of amides is 2. The number of aliphatic imine (C=N–C) groups is 1. The highest BCUT2D eigenvalue weighted by molar-refractivity contribution is 6.03. The lowest BCUT2D eigenvalue weighted by molar-refractivity contribution is -0.136. The van der Waals surface area contributed by atoms with Crippen LogP contribution in [0.25, 0.3) is 10.9 Å². The predicted octanol–water partition coefficient (Wildman–Crippen LogP) is 3.56. The monoisotopic (exact) mass is 657 g/mol. The number of hydrogen-bond donors (Lipinski definition) is 4. The van der Waals surface area contributed by atoms with Crippen LogP contribution in [0.2, 0.25) is 0 Å². The maximum Gasteiger partial charge on any atom is 0.278 e. The van der Waals surface area contributed by atoms with Crippen LogP contribution in [-0.4, -0.2) is 56.2 Å². The number of amidine groups is 1. The Balaban J connectivity index is 1.09. The minimum atomic E-state index is -0.864. The van der Waals surface area contributed by atoms with Gasteiger partial charge in [-0.05, 0) is 79.3 Å². The van der Waals surface area contributed by atoms with Crippen LogP contribution in [0.1, 0.15) is 46.7 Å². The molecule has 2 aliphatic rings. The molecule has 2 aromatic heterocycles. The second-order valence-electron chi connectivity index (χ2n) is 12.2. The lowest BCUT2D eigenvalue weighted by atomic mass is 9.98. The standard InChI is InChI=1S/C35H35N11O3/c1-19-5-4-6-20(2)30(19)41-31(36)26-17-38-35(42-32(26)37-3)39-23-8-7-21-13-14-45(18-22(21)15-23)24-9-10-25-27(16-24)43-44-46(34(25)49)28-11-12-29(47)40-33(28)48/h4-10,15-17,28H,11-14,18H2,1-3H3,(H2,36,41)(H,40,47,48)(H2,37,38,39,42). The van der Waals surface area contributed by atoms with Crippen LogP contribution in [0.5, 0.6) is 0 Å². The number of fused-ring (bicyclic) bond motifs is 2. The van der Waals surface area contributed by atoms with Gasteiger partial charge in [0, 0.05) is 44.1 Å².